The number of rotatable bonds is 4. The molecule has 0 radical (unpaired) electrons. The molecule has 0 spiro atoms. The van der Waals surface area contributed by atoms with Crippen LogP contribution in [0.5, 0.6) is 0 Å². The predicted molar refractivity (Wildman–Crippen MR) is 73.2 cm³/mol. The van der Waals surface area contributed by atoms with Gasteiger partial charge in [-0.15, -0.1) is 0 Å². The zero-order chi connectivity index (χ0) is 14.5. The summed E-state index contributed by atoms with van der Waals surface area (Å²) in [6, 6.07) is 7.45. The Balaban J connectivity index is 1.96. The van der Waals surface area contributed by atoms with Gasteiger partial charge in [-0.3, -0.25) is 19.7 Å². The van der Waals surface area contributed by atoms with Crippen LogP contribution in [0.2, 0.25) is 0 Å². The Bertz CT molecular complexity index is 475. The molecular formula is C14H19N3O3. The van der Waals surface area contributed by atoms with E-state index in [0.29, 0.717) is 11.6 Å². The summed E-state index contributed by atoms with van der Waals surface area (Å²) in [5, 5.41) is 8.56. The van der Waals surface area contributed by atoms with Gasteiger partial charge in [0.1, 0.15) is 0 Å². The van der Waals surface area contributed by atoms with Gasteiger partial charge in [0, 0.05) is 37.8 Å². The fourth-order valence-corrected chi connectivity index (χ4v) is 2.41. The van der Waals surface area contributed by atoms with Crippen LogP contribution >= 0.6 is 0 Å². The minimum Gasteiger partial charge on any atom is -0.342 e. The number of hydrogen-bond donors (Lipinski definition) is 2. The third kappa shape index (κ3) is 3.34. The first-order valence-electron chi connectivity index (χ1n) is 6.61. The molecule has 0 aliphatic carbocycles. The lowest BCUT2D eigenvalue weighted by molar-refractivity contribution is -0.120. The molecule has 1 heterocycles. The van der Waals surface area contributed by atoms with E-state index in [2.05, 4.69) is 11.8 Å². The van der Waals surface area contributed by atoms with E-state index in [-0.39, 0.29) is 0 Å². The van der Waals surface area contributed by atoms with E-state index in [4.69, 9.17) is 5.21 Å². The fourth-order valence-electron chi connectivity index (χ4n) is 2.41. The molecule has 108 valence electrons. The molecule has 1 fully saturated rings. The topological polar surface area (TPSA) is 72.9 Å². The normalized spacial score (nSPS) is 19.7. The Kier molecular flexibility index (Phi) is 4.70. The smallest absolute Gasteiger partial charge is 0.274 e. The average Bonchev–Trinajstić information content (AvgIpc) is 2.49. The minimum atomic E-state index is -0.510. The van der Waals surface area contributed by atoms with E-state index in [9.17, 15) is 9.59 Å². The van der Waals surface area contributed by atoms with Crippen LogP contribution in [0, 0.1) is 0 Å². The molecule has 1 saturated heterocycles. The van der Waals surface area contributed by atoms with E-state index < -0.39 is 5.91 Å². The van der Waals surface area contributed by atoms with Gasteiger partial charge >= 0.3 is 0 Å². The van der Waals surface area contributed by atoms with Crippen molar-refractivity contribution in [2.45, 2.75) is 19.5 Å². The van der Waals surface area contributed by atoms with Crippen molar-refractivity contribution in [3.8, 4) is 0 Å². The zero-order valence-electron chi connectivity index (χ0n) is 11.5. The van der Waals surface area contributed by atoms with Crippen LogP contribution in [0.1, 0.15) is 22.8 Å². The van der Waals surface area contributed by atoms with E-state index in [1.165, 1.54) is 0 Å². The van der Waals surface area contributed by atoms with Crippen LogP contribution in [0.15, 0.2) is 24.3 Å². The van der Waals surface area contributed by atoms with Crippen LogP contribution in [-0.4, -0.2) is 53.0 Å². The molecule has 1 aliphatic rings. The molecule has 2 rings (SSSR count). The Morgan fingerprint density at radius 2 is 2.10 bits per heavy atom. The maximum Gasteiger partial charge on any atom is 0.274 e. The molecule has 1 atom stereocenters. The zero-order valence-corrected chi connectivity index (χ0v) is 11.5. The van der Waals surface area contributed by atoms with Crippen molar-refractivity contribution in [2.24, 2.45) is 0 Å². The summed E-state index contributed by atoms with van der Waals surface area (Å²) >= 11 is 0. The van der Waals surface area contributed by atoms with Crippen LogP contribution in [-0.2, 0) is 11.3 Å². The van der Waals surface area contributed by atoms with Crippen molar-refractivity contribution >= 4 is 12.3 Å². The van der Waals surface area contributed by atoms with Crippen LogP contribution < -0.4 is 5.48 Å². The Morgan fingerprint density at radius 3 is 2.65 bits per heavy atom. The lowest BCUT2D eigenvalue weighted by atomic mass is 10.1. The van der Waals surface area contributed by atoms with Gasteiger partial charge < -0.3 is 4.90 Å². The molecular weight excluding hydrogens is 258 g/mol. The Labute approximate surface area is 117 Å². The van der Waals surface area contributed by atoms with Gasteiger partial charge in [0.2, 0.25) is 6.41 Å². The summed E-state index contributed by atoms with van der Waals surface area (Å²) in [6.07, 6.45) is 0.899. The van der Waals surface area contributed by atoms with Crippen LogP contribution in [0.4, 0.5) is 0 Å². The molecule has 1 aliphatic heterocycles. The third-order valence-corrected chi connectivity index (χ3v) is 3.65. The highest BCUT2D eigenvalue weighted by Gasteiger charge is 2.22. The van der Waals surface area contributed by atoms with Crippen LogP contribution in [0.3, 0.4) is 0 Å². The second kappa shape index (κ2) is 6.49. The van der Waals surface area contributed by atoms with E-state index in [1.54, 1.807) is 22.5 Å². The molecule has 1 aromatic rings. The highest BCUT2D eigenvalue weighted by atomic mass is 16.5. The molecule has 0 aromatic heterocycles. The second-order valence-corrected chi connectivity index (χ2v) is 5.06. The van der Waals surface area contributed by atoms with Gasteiger partial charge in [-0.05, 0) is 24.6 Å². The first-order chi connectivity index (χ1) is 9.63. The summed E-state index contributed by atoms with van der Waals surface area (Å²) < 4.78 is 0. The maximum atomic E-state index is 11.2. The Morgan fingerprint density at radius 1 is 1.40 bits per heavy atom. The van der Waals surface area contributed by atoms with Crippen molar-refractivity contribution in [3.05, 3.63) is 35.4 Å². The molecule has 6 nitrogen and oxygen atoms in total. The van der Waals surface area contributed by atoms with Gasteiger partial charge in [0.15, 0.2) is 0 Å². The molecule has 0 saturated carbocycles. The van der Waals surface area contributed by atoms with Crippen LogP contribution in [0.25, 0.3) is 0 Å². The number of amides is 2. The number of hydrogen-bond acceptors (Lipinski definition) is 4. The summed E-state index contributed by atoms with van der Waals surface area (Å²) in [5.41, 5.74) is 3.14. The first kappa shape index (κ1) is 14.5. The number of nitrogens with one attached hydrogen (secondary N) is 1. The lowest BCUT2D eigenvalue weighted by Crippen LogP contribution is -2.50. The minimum absolute atomic E-state index is 0.314. The van der Waals surface area contributed by atoms with E-state index >= 15 is 0 Å². The molecule has 2 N–H and O–H groups in total. The van der Waals surface area contributed by atoms with Gasteiger partial charge in [-0.25, -0.2) is 5.48 Å². The van der Waals surface area contributed by atoms with E-state index in [1.807, 2.05) is 12.1 Å². The van der Waals surface area contributed by atoms with Crippen molar-refractivity contribution < 1.29 is 14.8 Å². The Hall–Kier alpha value is -1.92. The largest absolute Gasteiger partial charge is 0.342 e. The molecule has 2 amide bonds. The first-order valence-corrected chi connectivity index (χ1v) is 6.61. The monoisotopic (exact) mass is 277 g/mol. The molecule has 1 unspecified atom stereocenters. The summed E-state index contributed by atoms with van der Waals surface area (Å²) in [6.45, 7) is 5.23. The quantitative estimate of drug-likeness (QED) is 0.477. The molecule has 20 heavy (non-hydrogen) atoms. The van der Waals surface area contributed by atoms with Gasteiger partial charge in [-0.2, -0.15) is 0 Å². The SMILES string of the molecule is CC1CN(C=O)CCN1Cc1ccc(C(=O)NO)cc1. The van der Waals surface area contributed by atoms with Gasteiger partial charge in [0.05, 0.1) is 0 Å². The van der Waals surface area contributed by atoms with Crippen molar-refractivity contribution in [1.82, 2.24) is 15.3 Å². The summed E-state index contributed by atoms with van der Waals surface area (Å²) in [5.74, 6) is -0.510. The molecule has 0 bridgehead atoms. The summed E-state index contributed by atoms with van der Waals surface area (Å²) in [7, 11) is 0. The molecule has 1 aromatic carbocycles. The second-order valence-electron chi connectivity index (χ2n) is 5.06. The third-order valence-electron chi connectivity index (χ3n) is 3.65. The van der Waals surface area contributed by atoms with E-state index in [0.717, 1.165) is 38.2 Å². The summed E-state index contributed by atoms with van der Waals surface area (Å²) in [4.78, 5) is 26.1. The average molecular weight is 277 g/mol. The number of carbonyl (C=O) groups excluding carboxylic acids is 2. The van der Waals surface area contributed by atoms with Crippen molar-refractivity contribution in [1.29, 1.82) is 0 Å². The van der Waals surface area contributed by atoms with Gasteiger partial charge in [-0.1, -0.05) is 12.1 Å². The van der Waals surface area contributed by atoms with Crippen molar-refractivity contribution in [2.75, 3.05) is 19.6 Å². The number of piperazine rings is 1. The molecule has 6 heteroatoms. The number of hydroxylamine groups is 1. The lowest BCUT2D eigenvalue weighted by Gasteiger charge is -2.38. The van der Waals surface area contributed by atoms with Gasteiger partial charge in [0.25, 0.3) is 5.91 Å². The maximum absolute atomic E-state index is 11.2. The fraction of sp³-hybridized carbons (Fsp3) is 0.429. The number of carbonyl (C=O) groups is 2. The number of nitrogens with zero attached hydrogens (tertiary/aromatic N) is 2. The highest BCUT2D eigenvalue weighted by Crippen LogP contribution is 2.13. The predicted octanol–water partition coefficient (Wildman–Crippen LogP) is 0.468. The highest BCUT2D eigenvalue weighted by molar-refractivity contribution is 5.93. The van der Waals surface area contributed by atoms with Crippen molar-refractivity contribution in [3.63, 3.8) is 0 Å². The number of benzene rings is 1. The standard InChI is InChI=1S/C14H19N3O3/c1-11-8-16(10-18)6-7-17(11)9-12-2-4-13(5-3-12)14(19)15-20/h2-5,10-11,20H,6-9H2,1H3,(H,15,19).